The summed E-state index contributed by atoms with van der Waals surface area (Å²) in [5, 5.41) is 1.06. The lowest BCUT2D eigenvalue weighted by molar-refractivity contribution is 0.271. The summed E-state index contributed by atoms with van der Waals surface area (Å²) < 4.78 is 23.2. The lowest BCUT2D eigenvalue weighted by atomic mass is 10.0. The summed E-state index contributed by atoms with van der Waals surface area (Å²) in [5.41, 5.74) is 7.68. The van der Waals surface area contributed by atoms with Gasteiger partial charge in [0.05, 0.1) is 6.26 Å². The molecule has 0 saturated heterocycles. The minimum atomic E-state index is -0.478. The Kier molecular flexibility index (Phi) is 4.32. The van der Waals surface area contributed by atoms with Crippen molar-refractivity contribution >= 4 is 23.4 Å². The van der Waals surface area contributed by atoms with Crippen LogP contribution in [0.1, 0.15) is 17.9 Å². The van der Waals surface area contributed by atoms with Crippen LogP contribution in [-0.4, -0.2) is 19.8 Å². The standard InChI is InChI=1S/C14H16FNO2.ClH/c15-4-6-18-13-2-1-12-10(3-5-17-12)14(13)11-7-9(11)8-16;/h1-3,5,9,11H,4,6-8,16H2;1H/t9-,11+;/m0./s1. The molecular weight excluding hydrogens is 269 g/mol. The molecule has 0 bridgehead atoms. The van der Waals surface area contributed by atoms with Gasteiger partial charge in [-0.05, 0) is 43.0 Å². The molecule has 5 heteroatoms. The van der Waals surface area contributed by atoms with Gasteiger partial charge in [0.2, 0.25) is 0 Å². The van der Waals surface area contributed by atoms with Crippen LogP contribution in [0.4, 0.5) is 4.39 Å². The number of ether oxygens (including phenoxy) is 1. The van der Waals surface area contributed by atoms with Crippen molar-refractivity contribution < 1.29 is 13.5 Å². The Hall–Kier alpha value is -1.26. The van der Waals surface area contributed by atoms with E-state index < -0.39 is 6.67 Å². The van der Waals surface area contributed by atoms with E-state index in [0.29, 0.717) is 18.4 Å². The van der Waals surface area contributed by atoms with Crippen LogP contribution in [0.15, 0.2) is 28.9 Å². The summed E-state index contributed by atoms with van der Waals surface area (Å²) in [4.78, 5) is 0. The molecule has 3 nitrogen and oxygen atoms in total. The number of rotatable bonds is 5. The van der Waals surface area contributed by atoms with Crippen LogP contribution < -0.4 is 10.5 Å². The maximum Gasteiger partial charge on any atom is 0.134 e. The van der Waals surface area contributed by atoms with Crippen molar-refractivity contribution in [2.45, 2.75) is 12.3 Å². The SMILES string of the molecule is Cl.NC[C@@H]1C[C@H]1c1c(OCCF)ccc2occc12. The average Bonchev–Trinajstić information content (AvgIpc) is 3.02. The fourth-order valence-corrected chi connectivity index (χ4v) is 2.56. The first-order valence-electron chi connectivity index (χ1n) is 6.24. The quantitative estimate of drug-likeness (QED) is 0.917. The van der Waals surface area contributed by atoms with E-state index in [9.17, 15) is 4.39 Å². The molecule has 0 radical (unpaired) electrons. The third-order valence-corrected chi connectivity index (χ3v) is 3.57. The maximum absolute atomic E-state index is 12.3. The van der Waals surface area contributed by atoms with E-state index in [0.717, 1.165) is 28.7 Å². The molecule has 1 aliphatic carbocycles. The van der Waals surface area contributed by atoms with Gasteiger partial charge in [-0.25, -0.2) is 4.39 Å². The second kappa shape index (κ2) is 5.80. The van der Waals surface area contributed by atoms with E-state index in [-0.39, 0.29) is 19.0 Å². The van der Waals surface area contributed by atoms with E-state index in [4.69, 9.17) is 14.9 Å². The number of hydrogen-bond acceptors (Lipinski definition) is 3. The first-order valence-corrected chi connectivity index (χ1v) is 6.24. The summed E-state index contributed by atoms with van der Waals surface area (Å²) in [5.74, 6) is 1.70. The van der Waals surface area contributed by atoms with Crippen LogP contribution >= 0.6 is 12.4 Å². The van der Waals surface area contributed by atoms with E-state index in [1.54, 1.807) is 6.26 Å². The van der Waals surface area contributed by atoms with Crippen molar-refractivity contribution in [2.75, 3.05) is 19.8 Å². The van der Waals surface area contributed by atoms with Crippen molar-refractivity contribution in [3.8, 4) is 5.75 Å². The van der Waals surface area contributed by atoms with Gasteiger partial charge in [-0.15, -0.1) is 12.4 Å². The van der Waals surface area contributed by atoms with Gasteiger partial charge in [-0.1, -0.05) is 0 Å². The first-order chi connectivity index (χ1) is 8.85. The van der Waals surface area contributed by atoms with Crippen LogP contribution in [0.3, 0.4) is 0 Å². The highest BCUT2D eigenvalue weighted by Crippen LogP contribution is 2.52. The van der Waals surface area contributed by atoms with Gasteiger partial charge >= 0.3 is 0 Å². The minimum absolute atomic E-state index is 0. The molecule has 1 saturated carbocycles. The zero-order chi connectivity index (χ0) is 12.5. The second-order valence-corrected chi connectivity index (χ2v) is 4.69. The molecule has 0 aliphatic heterocycles. The number of nitrogens with two attached hydrogens (primary N) is 1. The molecule has 1 aromatic heterocycles. The summed E-state index contributed by atoms with van der Waals surface area (Å²) in [6, 6.07) is 5.67. The van der Waals surface area contributed by atoms with E-state index in [2.05, 4.69) is 0 Å². The van der Waals surface area contributed by atoms with Gasteiger partial charge in [-0.2, -0.15) is 0 Å². The second-order valence-electron chi connectivity index (χ2n) is 4.69. The van der Waals surface area contributed by atoms with Crippen molar-refractivity contribution in [3.05, 3.63) is 30.0 Å². The maximum atomic E-state index is 12.3. The number of furan rings is 1. The Morgan fingerprint density at radius 1 is 1.37 bits per heavy atom. The van der Waals surface area contributed by atoms with Gasteiger partial charge in [0.25, 0.3) is 0 Å². The summed E-state index contributed by atoms with van der Waals surface area (Å²) in [7, 11) is 0. The van der Waals surface area contributed by atoms with Crippen LogP contribution in [0.5, 0.6) is 5.75 Å². The average molecular weight is 286 g/mol. The molecule has 2 atom stereocenters. The highest BCUT2D eigenvalue weighted by molar-refractivity contribution is 5.85. The monoisotopic (exact) mass is 285 g/mol. The van der Waals surface area contributed by atoms with Crippen molar-refractivity contribution in [1.82, 2.24) is 0 Å². The zero-order valence-corrected chi connectivity index (χ0v) is 11.3. The highest BCUT2D eigenvalue weighted by Gasteiger charge is 2.40. The molecule has 0 spiro atoms. The third-order valence-electron chi connectivity index (χ3n) is 3.57. The molecule has 19 heavy (non-hydrogen) atoms. The number of fused-ring (bicyclic) bond motifs is 1. The van der Waals surface area contributed by atoms with Crippen LogP contribution in [-0.2, 0) is 0 Å². The summed E-state index contributed by atoms with van der Waals surface area (Å²) >= 11 is 0. The highest BCUT2D eigenvalue weighted by atomic mass is 35.5. The summed E-state index contributed by atoms with van der Waals surface area (Å²) in [6.07, 6.45) is 2.75. The van der Waals surface area contributed by atoms with E-state index >= 15 is 0 Å². The Morgan fingerprint density at radius 2 is 2.21 bits per heavy atom. The normalized spacial score (nSPS) is 21.2. The third kappa shape index (κ3) is 2.55. The molecule has 0 unspecified atom stereocenters. The van der Waals surface area contributed by atoms with E-state index in [1.165, 1.54) is 0 Å². The van der Waals surface area contributed by atoms with Gasteiger partial charge in [-0.3, -0.25) is 0 Å². The number of alkyl halides is 1. The first kappa shape index (κ1) is 14.2. The van der Waals surface area contributed by atoms with Crippen LogP contribution in [0.25, 0.3) is 11.0 Å². The molecule has 104 valence electrons. The van der Waals surface area contributed by atoms with Gasteiger partial charge in [0.1, 0.15) is 24.6 Å². The molecule has 3 rings (SSSR count). The molecule has 1 aliphatic rings. The zero-order valence-electron chi connectivity index (χ0n) is 10.5. The number of halogens is 2. The molecule has 0 amide bonds. The Morgan fingerprint density at radius 3 is 2.89 bits per heavy atom. The van der Waals surface area contributed by atoms with Gasteiger partial charge < -0.3 is 14.9 Å². The lowest BCUT2D eigenvalue weighted by Gasteiger charge is -2.11. The predicted octanol–water partition coefficient (Wildman–Crippen LogP) is 3.27. The van der Waals surface area contributed by atoms with Crippen LogP contribution in [0.2, 0.25) is 0 Å². The minimum Gasteiger partial charge on any atom is -0.491 e. The number of hydrogen-bond donors (Lipinski definition) is 1. The van der Waals surface area contributed by atoms with Crippen molar-refractivity contribution in [2.24, 2.45) is 11.7 Å². The molecule has 2 aromatic rings. The van der Waals surface area contributed by atoms with Crippen molar-refractivity contribution in [1.29, 1.82) is 0 Å². The predicted molar refractivity (Wildman–Crippen MR) is 74.8 cm³/mol. The molecule has 1 aromatic carbocycles. The number of benzene rings is 1. The molecular formula is C14H17ClFNO2. The smallest absolute Gasteiger partial charge is 0.134 e. The van der Waals surface area contributed by atoms with Crippen LogP contribution in [0, 0.1) is 5.92 Å². The fourth-order valence-electron chi connectivity index (χ4n) is 2.56. The Bertz CT molecular complexity index is 557. The molecule has 1 heterocycles. The Balaban J connectivity index is 0.00000133. The lowest BCUT2D eigenvalue weighted by Crippen LogP contribution is -2.04. The van der Waals surface area contributed by atoms with Gasteiger partial charge in [0.15, 0.2) is 0 Å². The van der Waals surface area contributed by atoms with E-state index in [1.807, 2.05) is 18.2 Å². The summed E-state index contributed by atoms with van der Waals surface area (Å²) in [6.45, 7) is 0.297. The topological polar surface area (TPSA) is 48.4 Å². The largest absolute Gasteiger partial charge is 0.491 e. The van der Waals surface area contributed by atoms with Gasteiger partial charge in [0, 0.05) is 10.9 Å². The van der Waals surface area contributed by atoms with Crippen molar-refractivity contribution in [3.63, 3.8) is 0 Å². The molecule has 1 fully saturated rings. The molecule has 2 N–H and O–H groups in total. The fraction of sp³-hybridized carbons (Fsp3) is 0.429. The Labute approximate surface area is 117 Å².